The van der Waals surface area contributed by atoms with E-state index in [-0.39, 0.29) is 17.6 Å². The van der Waals surface area contributed by atoms with Gasteiger partial charge in [-0.1, -0.05) is 13.8 Å². The molecule has 0 aliphatic heterocycles. The number of amides is 2. The lowest BCUT2D eigenvalue weighted by Gasteiger charge is -2.21. The van der Waals surface area contributed by atoms with Crippen LogP contribution in [0.3, 0.4) is 0 Å². The summed E-state index contributed by atoms with van der Waals surface area (Å²) in [5.74, 6) is 0.159. The Kier molecular flexibility index (Phi) is 7.25. The molecule has 2 amide bonds. The number of hydrogen-bond donors (Lipinski definition) is 1. The Hall–Kier alpha value is -4.00. The molecule has 1 N–H and O–H groups in total. The van der Waals surface area contributed by atoms with Crippen molar-refractivity contribution in [2.45, 2.75) is 33.6 Å². The summed E-state index contributed by atoms with van der Waals surface area (Å²) in [5.41, 5.74) is 3.95. The highest BCUT2D eigenvalue weighted by molar-refractivity contribution is 6.06. The van der Waals surface area contributed by atoms with Crippen molar-refractivity contribution in [2.24, 2.45) is 0 Å². The molecular weight excluding hydrogens is 443 g/mol. The van der Waals surface area contributed by atoms with E-state index in [1.165, 1.54) is 12.1 Å². The molecule has 3 aromatic carbocycles. The lowest BCUT2D eigenvalue weighted by Crippen LogP contribution is -2.32. The fraction of sp³-hybridized carbons (Fsp3) is 0.250. The number of hydrogen-bond acceptors (Lipinski definition) is 3. The SMILES string of the molecule is CCCN(CCC)C(=O)c1ccc(NC(=O)c2ccc3nc(C)n(-c4ccc(F)cc4)c3c2)cc1. The van der Waals surface area contributed by atoms with Crippen molar-refractivity contribution in [1.82, 2.24) is 14.5 Å². The molecule has 7 heteroatoms. The molecular formula is C28H29FN4O2. The second-order valence-electron chi connectivity index (χ2n) is 8.50. The van der Waals surface area contributed by atoms with E-state index in [1.807, 2.05) is 16.4 Å². The third kappa shape index (κ3) is 5.24. The predicted octanol–water partition coefficient (Wildman–Crippen LogP) is 5.99. The van der Waals surface area contributed by atoms with Crippen molar-refractivity contribution in [3.63, 3.8) is 0 Å². The molecule has 0 spiro atoms. The van der Waals surface area contributed by atoms with Gasteiger partial charge in [-0.2, -0.15) is 0 Å². The first kappa shape index (κ1) is 24.1. The van der Waals surface area contributed by atoms with Crippen molar-refractivity contribution in [2.75, 3.05) is 18.4 Å². The molecule has 4 aromatic rings. The van der Waals surface area contributed by atoms with Crippen LogP contribution < -0.4 is 5.32 Å². The molecule has 0 aliphatic rings. The number of carbonyl (C=O) groups is 2. The molecule has 1 heterocycles. The van der Waals surface area contributed by atoms with Crippen LogP contribution >= 0.6 is 0 Å². The Morgan fingerprint density at radius 3 is 2.17 bits per heavy atom. The number of nitrogens with zero attached hydrogens (tertiary/aromatic N) is 3. The minimum Gasteiger partial charge on any atom is -0.339 e. The van der Waals surface area contributed by atoms with Gasteiger partial charge in [-0.25, -0.2) is 9.37 Å². The second kappa shape index (κ2) is 10.5. The van der Waals surface area contributed by atoms with Gasteiger partial charge in [0.05, 0.1) is 11.0 Å². The predicted molar refractivity (Wildman–Crippen MR) is 137 cm³/mol. The van der Waals surface area contributed by atoms with E-state index in [0.29, 0.717) is 16.8 Å². The summed E-state index contributed by atoms with van der Waals surface area (Å²) < 4.78 is 15.3. The quantitative estimate of drug-likeness (QED) is 0.343. The van der Waals surface area contributed by atoms with Gasteiger partial charge < -0.3 is 10.2 Å². The summed E-state index contributed by atoms with van der Waals surface area (Å²) >= 11 is 0. The first-order valence-electron chi connectivity index (χ1n) is 11.9. The van der Waals surface area contributed by atoms with Crippen molar-refractivity contribution in [3.05, 3.63) is 89.5 Å². The molecule has 6 nitrogen and oxygen atoms in total. The Labute approximate surface area is 204 Å². The molecule has 0 fully saturated rings. The van der Waals surface area contributed by atoms with Gasteiger partial charge in [-0.05, 0) is 86.5 Å². The first-order valence-corrected chi connectivity index (χ1v) is 11.9. The van der Waals surface area contributed by atoms with Crippen LogP contribution in [0.5, 0.6) is 0 Å². The normalized spacial score (nSPS) is 11.0. The van der Waals surface area contributed by atoms with Gasteiger partial charge in [0.2, 0.25) is 0 Å². The van der Waals surface area contributed by atoms with E-state index in [1.54, 1.807) is 54.6 Å². The molecule has 0 unspecified atom stereocenters. The van der Waals surface area contributed by atoms with Gasteiger partial charge in [0.1, 0.15) is 11.6 Å². The standard InChI is InChI=1S/C28H29FN4O2/c1-4-16-32(17-5-2)28(35)20-6-11-23(12-7-20)31-27(34)21-8-15-25-26(18-21)33(19(3)30-25)24-13-9-22(29)10-14-24/h6-15,18H,4-5,16-17H2,1-3H3,(H,31,34). The molecule has 180 valence electrons. The largest absolute Gasteiger partial charge is 0.339 e. The minimum absolute atomic E-state index is 0.00135. The van der Waals surface area contributed by atoms with Crippen LogP contribution in [0.15, 0.2) is 66.7 Å². The summed E-state index contributed by atoms with van der Waals surface area (Å²) in [4.78, 5) is 32.2. The van der Waals surface area contributed by atoms with Crippen LogP contribution in [0.4, 0.5) is 10.1 Å². The lowest BCUT2D eigenvalue weighted by molar-refractivity contribution is 0.0755. The average molecular weight is 473 g/mol. The third-order valence-electron chi connectivity index (χ3n) is 5.83. The van der Waals surface area contributed by atoms with E-state index in [0.717, 1.165) is 48.5 Å². The highest BCUT2D eigenvalue weighted by atomic mass is 19.1. The van der Waals surface area contributed by atoms with Gasteiger partial charge in [-0.15, -0.1) is 0 Å². The molecule has 0 saturated carbocycles. The van der Waals surface area contributed by atoms with Crippen LogP contribution in [0.25, 0.3) is 16.7 Å². The van der Waals surface area contributed by atoms with Crippen molar-refractivity contribution < 1.29 is 14.0 Å². The molecule has 35 heavy (non-hydrogen) atoms. The number of aryl methyl sites for hydroxylation is 1. The molecule has 0 saturated heterocycles. The van der Waals surface area contributed by atoms with E-state index < -0.39 is 0 Å². The van der Waals surface area contributed by atoms with E-state index in [4.69, 9.17) is 0 Å². The highest BCUT2D eigenvalue weighted by Crippen LogP contribution is 2.23. The third-order valence-corrected chi connectivity index (χ3v) is 5.83. The van der Waals surface area contributed by atoms with Gasteiger partial charge in [0.15, 0.2) is 0 Å². The summed E-state index contributed by atoms with van der Waals surface area (Å²) in [7, 11) is 0. The van der Waals surface area contributed by atoms with Crippen LogP contribution in [-0.2, 0) is 0 Å². The summed E-state index contributed by atoms with van der Waals surface area (Å²) in [6.07, 6.45) is 1.81. The maximum Gasteiger partial charge on any atom is 0.255 e. The fourth-order valence-electron chi connectivity index (χ4n) is 4.19. The average Bonchev–Trinajstić information content (AvgIpc) is 3.19. The molecule has 4 rings (SSSR count). The van der Waals surface area contributed by atoms with Crippen LogP contribution in [0, 0.1) is 12.7 Å². The van der Waals surface area contributed by atoms with Crippen molar-refractivity contribution in [1.29, 1.82) is 0 Å². The van der Waals surface area contributed by atoms with Gasteiger partial charge in [0, 0.05) is 35.6 Å². The molecule has 0 atom stereocenters. The number of fused-ring (bicyclic) bond motifs is 1. The summed E-state index contributed by atoms with van der Waals surface area (Å²) in [5, 5.41) is 2.90. The number of carbonyl (C=O) groups excluding carboxylic acids is 2. The van der Waals surface area contributed by atoms with Gasteiger partial charge in [-0.3, -0.25) is 14.2 Å². The number of halogens is 1. The Bertz CT molecular complexity index is 1340. The van der Waals surface area contributed by atoms with Crippen molar-refractivity contribution >= 4 is 28.5 Å². The summed E-state index contributed by atoms with van der Waals surface area (Å²) in [6.45, 7) is 7.43. The topological polar surface area (TPSA) is 67.2 Å². The number of benzene rings is 3. The Morgan fingerprint density at radius 2 is 1.54 bits per heavy atom. The number of aromatic nitrogens is 2. The van der Waals surface area contributed by atoms with E-state index >= 15 is 0 Å². The van der Waals surface area contributed by atoms with Crippen LogP contribution in [0.2, 0.25) is 0 Å². The molecule has 0 aliphatic carbocycles. The van der Waals surface area contributed by atoms with Crippen LogP contribution in [-0.4, -0.2) is 39.4 Å². The molecule has 1 aromatic heterocycles. The monoisotopic (exact) mass is 472 g/mol. The van der Waals surface area contributed by atoms with E-state index in [9.17, 15) is 14.0 Å². The van der Waals surface area contributed by atoms with Gasteiger partial charge in [0.25, 0.3) is 11.8 Å². The zero-order chi connectivity index (χ0) is 24.9. The van der Waals surface area contributed by atoms with Crippen LogP contribution in [0.1, 0.15) is 53.2 Å². The smallest absolute Gasteiger partial charge is 0.255 e. The van der Waals surface area contributed by atoms with Crippen molar-refractivity contribution in [3.8, 4) is 5.69 Å². The highest BCUT2D eigenvalue weighted by Gasteiger charge is 2.16. The number of imidazole rings is 1. The van der Waals surface area contributed by atoms with Gasteiger partial charge >= 0.3 is 0 Å². The van der Waals surface area contributed by atoms with E-state index in [2.05, 4.69) is 24.1 Å². The zero-order valence-electron chi connectivity index (χ0n) is 20.2. The minimum atomic E-state index is -0.313. The second-order valence-corrected chi connectivity index (χ2v) is 8.50. The molecule has 0 bridgehead atoms. The number of anilines is 1. The zero-order valence-corrected chi connectivity index (χ0v) is 20.2. The number of rotatable bonds is 8. The Balaban J connectivity index is 1.54. The molecule has 0 radical (unpaired) electrons. The Morgan fingerprint density at radius 1 is 0.914 bits per heavy atom. The maximum absolute atomic E-state index is 13.4. The maximum atomic E-state index is 13.4. The lowest BCUT2D eigenvalue weighted by atomic mass is 10.1. The fourth-order valence-corrected chi connectivity index (χ4v) is 4.19. The summed E-state index contributed by atoms with van der Waals surface area (Å²) in [6, 6.07) is 18.4. The first-order chi connectivity index (χ1) is 16.9. The number of nitrogens with one attached hydrogen (secondary N) is 1.